The van der Waals surface area contributed by atoms with E-state index in [-0.39, 0.29) is 47.9 Å². The van der Waals surface area contributed by atoms with Crippen LogP contribution in [0.4, 0.5) is 0 Å². The van der Waals surface area contributed by atoms with Crippen LogP contribution >= 0.6 is 0 Å². The molecule has 0 aromatic carbocycles. The number of hydrogen-bond donors (Lipinski definition) is 0. The number of methoxy groups -OCH3 is 1. The van der Waals surface area contributed by atoms with Gasteiger partial charge >= 0.3 is 11.9 Å². The molecule has 0 radical (unpaired) electrons. The number of esters is 2. The van der Waals surface area contributed by atoms with Crippen molar-refractivity contribution in [2.45, 2.75) is 83.5 Å². The summed E-state index contributed by atoms with van der Waals surface area (Å²) in [6, 6.07) is 0. The van der Waals surface area contributed by atoms with E-state index < -0.39 is 0 Å². The quantitative estimate of drug-likeness (QED) is 0.240. The average Bonchev–Trinajstić information content (AvgIpc) is 3.20. The second kappa shape index (κ2) is 11.8. The van der Waals surface area contributed by atoms with Gasteiger partial charge < -0.3 is 14.2 Å². The van der Waals surface area contributed by atoms with E-state index in [2.05, 4.69) is 16.6 Å². The van der Waals surface area contributed by atoms with Crippen molar-refractivity contribution < 1.29 is 28.6 Å². The molecule has 5 atom stereocenters. The van der Waals surface area contributed by atoms with Crippen LogP contribution in [0, 0.1) is 23.7 Å². The Morgan fingerprint density at radius 3 is 2.66 bits per heavy atom. The van der Waals surface area contributed by atoms with Gasteiger partial charge in [-0.3, -0.25) is 14.4 Å². The maximum atomic E-state index is 12.1. The van der Waals surface area contributed by atoms with E-state index in [4.69, 9.17) is 9.47 Å². The van der Waals surface area contributed by atoms with Gasteiger partial charge in [0.2, 0.25) is 0 Å². The van der Waals surface area contributed by atoms with Gasteiger partial charge in [-0.2, -0.15) is 0 Å². The Balaban J connectivity index is 1.90. The van der Waals surface area contributed by atoms with E-state index in [1.54, 1.807) is 13.0 Å². The molecule has 1 saturated carbocycles. The predicted octanol–water partition coefficient (Wildman–Crippen LogP) is 3.37. The third-order valence-electron chi connectivity index (χ3n) is 5.65. The molecule has 6 nitrogen and oxygen atoms in total. The van der Waals surface area contributed by atoms with E-state index in [0.717, 1.165) is 25.7 Å². The minimum Gasteiger partial charge on any atom is -0.469 e. The Morgan fingerprint density at radius 2 is 1.97 bits per heavy atom. The number of carbonyl (C=O) groups is 3. The van der Waals surface area contributed by atoms with E-state index >= 15 is 0 Å². The highest BCUT2D eigenvalue weighted by Crippen LogP contribution is 2.46. The molecule has 0 amide bonds. The summed E-state index contributed by atoms with van der Waals surface area (Å²) >= 11 is 0. The lowest BCUT2D eigenvalue weighted by atomic mass is 9.89. The first-order valence-corrected chi connectivity index (χ1v) is 10.4. The van der Waals surface area contributed by atoms with Crippen LogP contribution < -0.4 is 0 Å². The lowest BCUT2D eigenvalue weighted by Gasteiger charge is -2.21. The molecule has 1 aliphatic carbocycles. The Bertz CT molecular complexity index is 671. The molecule has 1 saturated heterocycles. The molecular formula is C23H32O6. The third kappa shape index (κ3) is 7.32. The number of fused-ring (bicyclic) bond motifs is 1. The normalized spacial score (nSPS) is 27.9. The average molecular weight is 405 g/mol. The number of rotatable bonds is 10. The molecule has 6 heteroatoms. The van der Waals surface area contributed by atoms with Gasteiger partial charge in [-0.05, 0) is 38.2 Å². The summed E-state index contributed by atoms with van der Waals surface area (Å²) in [5.74, 6) is 5.46. The number of ether oxygens (including phenoxy) is 3. The summed E-state index contributed by atoms with van der Waals surface area (Å²) in [4.78, 5) is 34.8. The van der Waals surface area contributed by atoms with Crippen molar-refractivity contribution >= 4 is 17.7 Å². The van der Waals surface area contributed by atoms with Crippen molar-refractivity contribution in [3.05, 3.63) is 12.2 Å². The smallest absolute Gasteiger partial charge is 0.305 e. The van der Waals surface area contributed by atoms with Gasteiger partial charge in [0.05, 0.1) is 19.3 Å². The fourth-order valence-electron chi connectivity index (χ4n) is 4.30. The van der Waals surface area contributed by atoms with Crippen LogP contribution in [0.5, 0.6) is 0 Å². The highest BCUT2D eigenvalue weighted by molar-refractivity contribution is 5.89. The maximum absolute atomic E-state index is 12.1. The molecule has 2 aliphatic rings. The summed E-state index contributed by atoms with van der Waals surface area (Å²) in [5.41, 5.74) is 0. The zero-order valence-corrected chi connectivity index (χ0v) is 17.6. The fourth-order valence-corrected chi connectivity index (χ4v) is 4.30. The monoisotopic (exact) mass is 404 g/mol. The SMILES string of the molecule is CC#CCCC(=O)C=C[C@@H]1[C@H]2C[C@H](CCCCC(=O)OC)O[C@H]2C[C@H]1OC(C)=O. The summed E-state index contributed by atoms with van der Waals surface area (Å²) in [6.45, 7) is 3.17. The molecule has 0 unspecified atom stereocenters. The summed E-state index contributed by atoms with van der Waals surface area (Å²) in [7, 11) is 1.40. The van der Waals surface area contributed by atoms with Crippen molar-refractivity contribution in [2.75, 3.05) is 7.11 Å². The van der Waals surface area contributed by atoms with Gasteiger partial charge in [-0.15, -0.1) is 11.8 Å². The van der Waals surface area contributed by atoms with Crippen molar-refractivity contribution in [1.29, 1.82) is 0 Å². The van der Waals surface area contributed by atoms with E-state index in [9.17, 15) is 14.4 Å². The number of ketones is 1. The maximum Gasteiger partial charge on any atom is 0.305 e. The van der Waals surface area contributed by atoms with Crippen molar-refractivity contribution in [3.63, 3.8) is 0 Å². The van der Waals surface area contributed by atoms with Crippen LogP contribution in [0.25, 0.3) is 0 Å². The van der Waals surface area contributed by atoms with Crippen molar-refractivity contribution in [1.82, 2.24) is 0 Å². The number of unbranched alkanes of at least 4 members (excludes halogenated alkanes) is 1. The number of hydrogen-bond acceptors (Lipinski definition) is 6. The second-order valence-electron chi connectivity index (χ2n) is 7.73. The minimum absolute atomic E-state index is 0.00909. The lowest BCUT2D eigenvalue weighted by Crippen LogP contribution is -2.24. The predicted molar refractivity (Wildman–Crippen MR) is 108 cm³/mol. The van der Waals surface area contributed by atoms with Crippen molar-refractivity contribution in [2.24, 2.45) is 11.8 Å². The molecule has 0 N–H and O–H groups in total. The Morgan fingerprint density at radius 1 is 1.17 bits per heavy atom. The Kier molecular flexibility index (Phi) is 9.40. The molecule has 0 spiro atoms. The van der Waals surface area contributed by atoms with Gasteiger partial charge in [0.15, 0.2) is 5.78 Å². The molecule has 29 heavy (non-hydrogen) atoms. The number of allylic oxidation sites excluding steroid dienone is 1. The van der Waals surface area contributed by atoms with Crippen LogP contribution in [0.2, 0.25) is 0 Å². The summed E-state index contributed by atoms with van der Waals surface area (Å²) < 4.78 is 16.4. The first-order valence-electron chi connectivity index (χ1n) is 10.4. The molecule has 1 aliphatic heterocycles. The molecule has 2 fully saturated rings. The molecule has 0 bridgehead atoms. The first kappa shape index (κ1) is 23.2. The Labute approximate surface area is 173 Å². The molecule has 160 valence electrons. The first-order chi connectivity index (χ1) is 13.9. The van der Waals surface area contributed by atoms with E-state index in [1.807, 2.05) is 6.08 Å². The molecular weight excluding hydrogens is 372 g/mol. The van der Waals surface area contributed by atoms with E-state index in [1.165, 1.54) is 14.0 Å². The fraction of sp³-hybridized carbons (Fsp3) is 0.696. The van der Waals surface area contributed by atoms with Crippen LogP contribution in [0.3, 0.4) is 0 Å². The van der Waals surface area contributed by atoms with Gasteiger partial charge in [-0.1, -0.05) is 12.5 Å². The summed E-state index contributed by atoms with van der Waals surface area (Å²) in [6.07, 6.45) is 8.98. The van der Waals surface area contributed by atoms with Crippen LogP contribution in [-0.2, 0) is 28.6 Å². The second-order valence-corrected chi connectivity index (χ2v) is 7.73. The topological polar surface area (TPSA) is 78.9 Å². The van der Waals surface area contributed by atoms with Crippen molar-refractivity contribution in [3.8, 4) is 11.8 Å². The van der Waals surface area contributed by atoms with Crippen LogP contribution in [0.1, 0.15) is 65.2 Å². The van der Waals surface area contributed by atoms with Gasteiger partial charge in [0, 0.05) is 38.5 Å². The van der Waals surface area contributed by atoms with Gasteiger partial charge in [0.25, 0.3) is 0 Å². The highest BCUT2D eigenvalue weighted by atomic mass is 16.6. The summed E-state index contributed by atoms with van der Waals surface area (Å²) in [5, 5.41) is 0. The van der Waals surface area contributed by atoms with Gasteiger partial charge in [-0.25, -0.2) is 0 Å². The molecule has 0 aromatic heterocycles. The third-order valence-corrected chi connectivity index (χ3v) is 5.65. The molecule has 2 rings (SSSR count). The molecule has 1 heterocycles. The highest BCUT2D eigenvalue weighted by Gasteiger charge is 2.49. The van der Waals surface area contributed by atoms with Gasteiger partial charge in [0.1, 0.15) is 6.10 Å². The standard InChI is InChI=1S/C23H32O6/c1-4-5-6-9-17(25)12-13-19-20-14-18(10-7-8-11-23(26)27-3)29-22(20)15-21(19)28-16(2)24/h12-13,18-22H,6-11,14-15H2,1-3H3/t18-,19+,20+,21+,22-/m0/s1. The Hall–Kier alpha value is -2.13. The minimum atomic E-state index is -0.308. The zero-order valence-electron chi connectivity index (χ0n) is 17.6. The van der Waals surface area contributed by atoms with Crippen LogP contribution in [-0.4, -0.2) is 43.1 Å². The zero-order chi connectivity index (χ0) is 21.2. The lowest BCUT2D eigenvalue weighted by molar-refractivity contribution is -0.148. The van der Waals surface area contributed by atoms with E-state index in [0.29, 0.717) is 25.7 Å². The number of carbonyl (C=O) groups excluding carboxylic acids is 3. The van der Waals surface area contributed by atoms with Crippen LogP contribution in [0.15, 0.2) is 12.2 Å². The molecule has 0 aromatic rings. The largest absolute Gasteiger partial charge is 0.469 e.